The molecule has 0 saturated carbocycles. The summed E-state index contributed by atoms with van der Waals surface area (Å²) in [4.78, 5) is 35.8. The number of aromatic carboxylic acids is 1. The largest absolute Gasteiger partial charge is 0.478 e. The molecule has 9 nitrogen and oxygen atoms in total. The van der Waals surface area contributed by atoms with Crippen molar-refractivity contribution in [2.75, 3.05) is 5.01 Å². The van der Waals surface area contributed by atoms with Crippen molar-refractivity contribution in [2.45, 2.75) is 20.8 Å². The minimum absolute atomic E-state index is 0.0199. The maximum absolute atomic E-state index is 13.5. The van der Waals surface area contributed by atoms with Gasteiger partial charge in [-0.15, -0.1) is 0 Å². The van der Waals surface area contributed by atoms with Gasteiger partial charge in [0.15, 0.2) is 0 Å². The van der Waals surface area contributed by atoms with E-state index in [-0.39, 0.29) is 22.7 Å². The maximum Gasteiger partial charge on any atom is 0.335 e. The van der Waals surface area contributed by atoms with Crippen LogP contribution in [0.4, 0.5) is 11.4 Å². The van der Waals surface area contributed by atoms with Gasteiger partial charge in [0.2, 0.25) is 0 Å². The minimum atomic E-state index is -1.12. The molecule has 182 valence electrons. The lowest BCUT2D eigenvalue weighted by molar-refractivity contribution is -0.384. The fraction of sp³-hybridized carbons (Fsp3) is 0.148. The number of carboxylic acid groups (broad SMARTS) is 1. The van der Waals surface area contributed by atoms with E-state index < -0.39 is 16.8 Å². The summed E-state index contributed by atoms with van der Waals surface area (Å²) in [5.41, 5.74) is 2.26. The highest BCUT2D eigenvalue weighted by Crippen LogP contribution is 2.34. The van der Waals surface area contributed by atoms with Crippen LogP contribution < -0.4 is 9.75 Å². The number of ether oxygens (including phenoxy) is 1. The van der Waals surface area contributed by atoms with Crippen LogP contribution in [-0.4, -0.2) is 27.6 Å². The third-order valence-electron chi connectivity index (χ3n) is 5.54. The Morgan fingerprint density at radius 3 is 2.47 bits per heavy atom. The second kappa shape index (κ2) is 9.83. The molecular weight excluding hydrogens is 462 g/mol. The number of nitro benzene ring substituents is 1. The van der Waals surface area contributed by atoms with Crippen LogP contribution >= 0.6 is 0 Å². The van der Waals surface area contributed by atoms with E-state index in [1.165, 1.54) is 42.5 Å². The SMILES string of the molecule is Cc1ccc(Oc2ccc([N+](=O)[O-])cc2/C=C2\C(=O)N(c3cccc(C(=O)O)c3)N=C2C(C)C)cc1. The Balaban J connectivity index is 1.79. The van der Waals surface area contributed by atoms with Crippen molar-refractivity contribution in [2.24, 2.45) is 11.0 Å². The molecule has 0 atom stereocenters. The molecule has 36 heavy (non-hydrogen) atoms. The van der Waals surface area contributed by atoms with E-state index in [9.17, 15) is 24.8 Å². The number of carbonyl (C=O) groups excluding carboxylic acids is 1. The Morgan fingerprint density at radius 2 is 1.83 bits per heavy atom. The van der Waals surface area contributed by atoms with Gasteiger partial charge in [0.05, 0.1) is 27.5 Å². The van der Waals surface area contributed by atoms with Crippen molar-refractivity contribution >= 4 is 35.0 Å². The Kier molecular flexibility index (Phi) is 6.64. The third-order valence-corrected chi connectivity index (χ3v) is 5.54. The first-order valence-corrected chi connectivity index (χ1v) is 11.2. The number of aryl methyl sites for hydroxylation is 1. The fourth-order valence-corrected chi connectivity index (χ4v) is 3.68. The van der Waals surface area contributed by atoms with Gasteiger partial charge in [-0.05, 0) is 55.3 Å². The van der Waals surface area contributed by atoms with Crippen LogP contribution in [0, 0.1) is 23.0 Å². The summed E-state index contributed by atoms with van der Waals surface area (Å²) in [6.07, 6.45) is 1.53. The zero-order valence-corrected chi connectivity index (χ0v) is 19.8. The molecule has 4 rings (SSSR count). The van der Waals surface area contributed by atoms with Crippen LogP contribution in [0.3, 0.4) is 0 Å². The number of hydrogen-bond acceptors (Lipinski definition) is 6. The molecule has 1 aliphatic heterocycles. The summed E-state index contributed by atoms with van der Waals surface area (Å²) < 4.78 is 6.00. The van der Waals surface area contributed by atoms with Gasteiger partial charge < -0.3 is 9.84 Å². The quantitative estimate of drug-likeness (QED) is 0.255. The van der Waals surface area contributed by atoms with E-state index in [0.717, 1.165) is 10.6 Å². The summed E-state index contributed by atoms with van der Waals surface area (Å²) in [6, 6.07) is 17.4. The molecule has 0 aliphatic carbocycles. The van der Waals surface area contributed by atoms with Crippen LogP contribution in [0.25, 0.3) is 6.08 Å². The van der Waals surface area contributed by atoms with Crippen molar-refractivity contribution < 1.29 is 24.4 Å². The summed E-state index contributed by atoms with van der Waals surface area (Å²) >= 11 is 0. The molecule has 0 aromatic heterocycles. The Morgan fingerprint density at radius 1 is 1.11 bits per heavy atom. The van der Waals surface area contributed by atoms with E-state index >= 15 is 0 Å². The second-order valence-electron chi connectivity index (χ2n) is 8.56. The van der Waals surface area contributed by atoms with Crippen LogP contribution in [-0.2, 0) is 4.79 Å². The molecule has 0 fully saturated rings. The predicted molar refractivity (Wildman–Crippen MR) is 135 cm³/mol. The molecule has 3 aromatic carbocycles. The first kappa shape index (κ1) is 24.3. The number of non-ortho nitro benzene ring substituents is 1. The molecule has 1 heterocycles. The number of nitrogens with zero attached hydrogens (tertiary/aromatic N) is 3. The van der Waals surface area contributed by atoms with Crippen molar-refractivity contribution in [3.63, 3.8) is 0 Å². The lowest BCUT2D eigenvalue weighted by Gasteiger charge is -2.13. The summed E-state index contributed by atoms with van der Waals surface area (Å²) in [7, 11) is 0. The van der Waals surface area contributed by atoms with Crippen LogP contribution in [0.1, 0.15) is 35.3 Å². The highest BCUT2D eigenvalue weighted by molar-refractivity contribution is 6.33. The monoisotopic (exact) mass is 485 g/mol. The summed E-state index contributed by atoms with van der Waals surface area (Å²) in [5.74, 6) is -0.889. The van der Waals surface area contributed by atoms with Gasteiger partial charge in [-0.1, -0.05) is 37.6 Å². The lowest BCUT2D eigenvalue weighted by atomic mass is 9.97. The number of rotatable bonds is 7. The molecule has 3 aromatic rings. The van der Waals surface area contributed by atoms with E-state index in [1.54, 1.807) is 18.2 Å². The molecule has 0 radical (unpaired) electrons. The molecule has 1 amide bonds. The van der Waals surface area contributed by atoms with Crippen LogP contribution in [0.2, 0.25) is 0 Å². The number of hydrazone groups is 1. The topological polar surface area (TPSA) is 122 Å². The Labute approximate surface area is 207 Å². The number of hydrogen-bond donors (Lipinski definition) is 1. The van der Waals surface area contributed by atoms with Gasteiger partial charge in [-0.2, -0.15) is 10.1 Å². The Bertz CT molecular complexity index is 1420. The molecule has 0 saturated heterocycles. The van der Waals surface area contributed by atoms with Crippen LogP contribution in [0.5, 0.6) is 11.5 Å². The number of nitro groups is 1. The maximum atomic E-state index is 13.5. The highest BCUT2D eigenvalue weighted by Gasteiger charge is 2.33. The molecule has 1 aliphatic rings. The summed E-state index contributed by atoms with van der Waals surface area (Å²) in [5, 5.41) is 26.4. The van der Waals surface area contributed by atoms with Gasteiger partial charge in [0, 0.05) is 17.7 Å². The number of carboxylic acids is 1. The van der Waals surface area contributed by atoms with Gasteiger partial charge in [-0.3, -0.25) is 14.9 Å². The highest BCUT2D eigenvalue weighted by atomic mass is 16.6. The first-order chi connectivity index (χ1) is 17.1. The number of benzene rings is 3. The molecule has 0 unspecified atom stereocenters. The molecule has 0 spiro atoms. The zero-order chi connectivity index (χ0) is 26.0. The molecular formula is C27H23N3O6. The average molecular weight is 485 g/mol. The van der Waals surface area contributed by atoms with E-state index in [4.69, 9.17) is 4.74 Å². The van der Waals surface area contributed by atoms with E-state index in [1.807, 2.05) is 32.9 Å². The number of carbonyl (C=O) groups is 2. The zero-order valence-electron chi connectivity index (χ0n) is 19.8. The van der Waals surface area contributed by atoms with Gasteiger partial charge in [0.25, 0.3) is 11.6 Å². The lowest BCUT2D eigenvalue weighted by Crippen LogP contribution is -2.22. The second-order valence-corrected chi connectivity index (χ2v) is 8.56. The normalized spacial score (nSPS) is 14.3. The standard InChI is InChI=1S/C27H23N3O6/c1-16(2)25-23(26(31)29(28-25)20-6-4-5-18(13-20)27(32)33)15-19-14-21(30(34)35)9-12-24(19)36-22-10-7-17(3)8-11-22/h4-16H,1-3H3,(H,32,33)/b23-15-. The molecule has 9 heteroatoms. The van der Waals surface area contributed by atoms with E-state index in [0.29, 0.717) is 28.5 Å². The average Bonchev–Trinajstić information content (AvgIpc) is 3.17. The van der Waals surface area contributed by atoms with Crippen molar-refractivity contribution in [1.29, 1.82) is 0 Å². The summed E-state index contributed by atoms with van der Waals surface area (Å²) in [6.45, 7) is 5.68. The Hall–Kier alpha value is -4.79. The van der Waals surface area contributed by atoms with E-state index in [2.05, 4.69) is 5.10 Å². The number of anilines is 1. The van der Waals surface area contributed by atoms with Crippen LogP contribution in [0.15, 0.2) is 77.4 Å². The molecule has 0 bridgehead atoms. The molecule has 1 N–H and O–H groups in total. The number of amides is 1. The first-order valence-electron chi connectivity index (χ1n) is 11.2. The smallest absolute Gasteiger partial charge is 0.335 e. The van der Waals surface area contributed by atoms with Gasteiger partial charge >= 0.3 is 5.97 Å². The van der Waals surface area contributed by atoms with Gasteiger partial charge in [0.1, 0.15) is 11.5 Å². The third kappa shape index (κ3) is 5.00. The fourth-order valence-electron chi connectivity index (χ4n) is 3.68. The predicted octanol–water partition coefficient (Wildman–Crippen LogP) is 5.84. The minimum Gasteiger partial charge on any atom is -0.478 e. The van der Waals surface area contributed by atoms with Crippen molar-refractivity contribution in [3.05, 3.63) is 99.1 Å². The van der Waals surface area contributed by atoms with Gasteiger partial charge in [-0.25, -0.2) is 4.79 Å². The van der Waals surface area contributed by atoms with Crippen molar-refractivity contribution in [1.82, 2.24) is 0 Å². The van der Waals surface area contributed by atoms with Crippen molar-refractivity contribution in [3.8, 4) is 11.5 Å².